The van der Waals surface area contributed by atoms with Crippen molar-refractivity contribution in [3.05, 3.63) is 144 Å². The SMILES string of the molecule is N#CC1C=C(n2c3c(c4ccccc42)C(c2ccc4c(c2)C25C=CC=CC2(C5)N4c2ccccc2)CC=C3)C=CC1. The highest BCUT2D eigenvalue weighted by Gasteiger charge is 2.74. The number of allylic oxidation sites excluding steroid dienone is 7. The van der Waals surface area contributed by atoms with Gasteiger partial charge in [0.2, 0.25) is 0 Å². The van der Waals surface area contributed by atoms with E-state index < -0.39 is 0 Å². The molecule has 0 amide bonds. The minimum atomic E-state index is -0.0879. The van der Waals surface area contributed by atoms with Crippen LogP contribution in [0.25, 0.3) is 22.7 Å². The van der Waals surface area contributed by atoms with Gasteiger partial charge in [0.05, 0.1) is 28.7 Å². The van der Waals surface area contributed by atoms with Gasteiger partial charge in [0.15, 0.2) is 0 Å². The number of hydrogen-bond donors (Lipinski definition) is 0. The lowest BCUT2D eigenvalue weighted by Crippen LogP contribution is -2.33. The first kappa shape index (κ1) is 22.9. The van der Waals surface area contributed by atoms with Crippen molar-refractivity contribution in [1.29, 1.82) is 5.26 Å². The van der Waals surface area contributed by atoms with E-state index >= 15 is 0 Å². The van der Waals surface area contributed by atoms with Gasteiger partial charge in [-0.3, -0.25) is 0 Å². The first-order valence-electron chi connectivity index (χ1n) is 14.7. The van der Waals surface area contributed by atoms with E-state index in [-0.39, 0.29) is 22.8 Å². The molecule has 4 aromatic rings. The Hall–Kier alpha value is -4.81. The Labute approximate surface area is 240 Å². The number of benzene rings is 3. The summed E-state index contributed by atoms with van der Waals surface area (Å²) in [4.78, 5) is 2.58. The summed E-state index contributed by atoms with van der Waals surface area (Å²) < 4.78 is 2.37. The van der Waals surface area contributed by atoms with E-state index in [0.717, 1.165) is 25.0 Å². The lowest BCUT2D eigenvalue weighted by Gasteiger charge is -2.30. The molecule has 1 saturated carbocycles. The molecule has 0 spiro atoms. The second-order valence-electron chi connectivity index (χ2n) is 12.0. The van der Waals surface area contributed by atoms with E-state index in [9.17, 15) is 5.26 Å². The van der Waals surface area contributed by atoms with Crippen LogP contribution in [0.1, 0.15) is 47.6 Å². The van der Waals surface area contributed by atoms with Crippen molar-refractivity contribution >= 4 is 34.1 Å². The summed E-state index contributed by atoms with van der Waals surface area (Å²) in [6.45, 7) is 0. The molecule has 41 heavy (non-hydrogen) atoms. The maximum Gasteiger partial charge on any atom is 0.0782 e. The molecule has 9 rings (SSSR count). The van der Waals surface area contributed by atoms with Gasteiger partial charge in [0, 0.05) is 33.8 Å². The van der Waals surface area contributed by atoms with Crippen molar-refractivity contribution in [1.82, 2.24) is 4.57 Å². The third-order valence-corrected chi connectivity index (χ3v) is 10.0. The summed E-state index contributed by atoms with van der Waals surface area (Å²) in [6, 6.07) is 29.4. The topological polar surface area (TPSA) is 32.0 Å². The molecule has 0 bridgehead atoms. The highest BCUT2D eigenvalue weighted by atomic mass is 15.3. The van der Waals surface area contributed by atoms with Gasteiger partial charge in [-0.25, -0.2) is 0 Å². The van der Waals surface area contributed by atoms with Gasteiger partial charge < -0.3 is 9.47 Å². The fourth-order valence-corrected chi connectivity index (χ4v) is 8.22. The summed E-state index contributed by atoms with van der Waals surface area (Å²) in [5, 5.41) is 11.0. The van der Waals surface area contributed by atoms with Crippen LogP contribution in [-0.4, -0.2) is 10.1 Å². The van der Waals surface area contributed by atoms with Crippen LogP contribution in [-0.2, 0) is 5.41 Å². The number of nitrogens with zero attached hydrogens (tertiary/aromatic N) is 3. The quantitative estimate of drug-likeness (QED) is 0.267. The minimum absolute atomic E-state index is 0.00517. The fourth-order valence-electron chi connectivity index (χ4n) is 8.22. The van der Waals surface area contributed by atoms with Crippen LogP contribution in [0.5, 0.6) is 0 Å². The molecule has 5 aliphatic rings. The first-order chi connectivity index (χ1) is 20.2. The Morgan fingerprint density at radius 2 is 1.68 bits per heavy atom. The van der Waals surface area contributed by atoms with E-state index in [0.29, 0.717) is 0 Å². The molecule has 0 N–H and O–H groups in total. The van der Waals surface area contributed by atoms with Crippen LogP contribution in [0.3, 0.4) is 0 Å². The zero-order valence-corrected chi connectivity index (χ0v) is 22.7. The average Bonchev–Trinajstić information content (AvgIpc) is 3.52. The maximum atomic E-state index is 9.66. The van der Waals surface area contributed by atoms with E-state index in [1.54, 1.807) is 0 Å². The normalized spacial score (nSPS) is 28.1. The molecule has 1 fully saturated rings. The Balaban J connectivity index is 1.22. The molecule has 3 aromatic carbocycles. The van der Waals surface area contributed by atoms with Crippen molar-refractivity contribution in [2.75, 3.05) is 4.90 Å². The molecule has 3 heteroatoms. The van der Waals surface area contributed by atoms with Crippen LogP contribution in [0.4, 0.5) is 11.4 Å². The molecule has 196 valence electrons. The number of aromatic nitrogens is 1. The van der Waals surface area contributed by atoms with Gasteiger partial charge in [-0.15, -0.1) is 0 Å². The number of fused-ring (bicyclic) bond motifs is 4. The second kappa shape index (κ2) is 8.12. The lowest BCUT2D eigenvalue weighted by molar-refractivity contribution is 0.739. The standard InChI is InChI=1S/C38H29N3/c39-24-26-10-8-13-29(22-26)40-33-16-5-4-14-31(33)36-30(15-9-17-35(36)40)27-18-19-34-32(23-27)37-20-6-7-21-38(37,25-37)41(34)28-11-2-1-3-12-28/h1-9,11-14,16-23,26,30H,10,15,25H2. The molecule has 1 aromatic heterocycles. The average molecular weight is 528 g/mol. The third-order valence-electron chi connectivity index (χ3n) is 10.0. The van der Waals surface area contributed by atoms with Crippen molar-refractivity contribution in [3.63, 3.8) is 0 Å². The van der Waals surface area contributed by atoms with Gasteiger partial charge in [-0.1, -0.05) is 85.0 Å². The highest BCUT2D eigenvalue weighted by Crippen LogP contribution is 2.73. The Morgan fingerprint density at radius 3 is 2.59 bits per heavy atom. The number of anilines is 2. The maximum absolute atomic E-state index is 9.66. The van der Waals surface area contributed by atoms with Crippen LogP contribution in [0.15, 0.2) is 121 Å². The monoisotopic (exact) mass is 527 g/mol. The summed E-state index contributed by atoms with van der Waals surface area (Å²) in [6.07, 6.45) is 23.3. The smallest absolute Gasteiger partial charge is 0.0782 e. The molecular formula is C38H29N3. The Bertz CT molecular complexity index is 1960. The van der Waals surface area contributed by atoms with Crippen LogP contribution in [0.2, 0.25) is 0 Å². The molecular weight excluding hydrogens is 498 g/mol. The second-order valence-corrected chi connectivity index (χ2v) is 12.0. The number of para-hydroxylation sites is 2. The molecule has 4 unspecified atom stereocenters. The molecule has 0 saturated heterocycles. The van der Waals surface area contributed by atoms with E-state index in [1.807, 2.05) is 0 Å². The molecule has 2 heterocycles. The Kier molecular flexibility index (Phi) is 4.54. The zero-order chi connectivity index (χ0) is 27.2. The van der Waals surface area contributed by atoms with Crippen molar-refractivity contribution in [3.8, 4) is 6.07 Å². The summed E-state index contributed by atoms with van der Waals surface area (Å²) in [5.74, 6) is 0.180. The van der Waals surface area contributed by atoms with Crippen molar-refractivity contribution in [2.24, 2.45) is 5.92 Å². The highest BCUT2D eigenvalue weighted by molar-refractivity contribution is 5.94. The van der Waals surface area contributed by atoms with Crippen LogP contribution >= 0.6 is 0 Å². The molecule has 4 atom stereocenters. The number of nitriles is 1. The largest absolute Gasteiger partial charge is 0.330 e. The summed E-state index contributed by atoms with van der Waals surface area (Å²) in [7, 11) is 0. The van der Waals surface area contributed by atoms with Crippen LogP contribution in [0, 0.1) is 17.2 Å². The van der Waals surface area contributed by atoms with Gasteiger partial charge in [-0.05, 0) is 78.4 Å². The third kappa shape index (κ3) is 2.92. The Morgan fingerprint density at radius 1 is 0.854 bits per heavy atom. The summed E-state index contributed by atoms with van der Waals surface area (Å²) >= 11 is 0. The van der Waals surface area contributed by atoms with Gasteiger partial charge in [0.25, 0.3) is 0 Å². The van der Waals surface area contributed by atoms with Gasteiger partial charge in [0.1, 0.15) is 0 Å². The van der Waals surface area contributed by atoms with Gasteiger partial charge >= 0.3 is 0 Å². The molecule has 3 nitrogen and oxygen atoms in total. The predicted molar refractivity (Wildman–Crippen MR) is 167 cm³/mol. The minimum Gasteiger partial charge on any atom is -0.330 e. The van der Waals surface area contributed by atoms with E-state index in [4.69, 9.17) is 0 Å². The summed E-state index contributed by atoms with van der Waals surface area (Å²) in [5.41, 5.74) is 10.4. The van der Waals surface area contributed by atoms with Crippen molar-refractivity contribution < 1.29 is 0 Å². The molecule has 1 aliphatic heterocycles. The molecule has 0 radical (unpaired) electrons. The number of rotatable bonds is 3. The van der Waals surface area contributed by atoms with Gasteiger partial charge in [-0.2, -0.15) is 5.26 Å². The molecule has 4 aliphatic carbocycles. The van der Waals surface area contributed by atoms with E-state index in [2.05, 4.69) is 143 Å². The first-order valence-corrected chi connectivity index (χ1v) is 14.7. The lowest BCUT2D eigenvalue weighted by atomic mass is 9.81. The number of hydrogen-bond acceptors (Lipinski definition) is 2. The van der Waals surface area contributed by atoms with Crippen molar-refractivity contribution in [2.45, 2.75) is 36.1 Å². The van der Waals surface area contributed by atoms with Crippen LogP contribution < -0.4 is 4.90 Å². The van der Waals surface area contributed by atoms with E-state index in [1.165, 1.54) is 44.7 Å². The predicted octanol–water partition coefficient (Wildman–Crippen LogP) is 8.79. The zero-order valence-electron chi connectivity index (χ0n) is 22.7. The fraction of sp³-hybridized carbons (Fsp3) is 0.184.